The molecular weight excluding hydrogens is 1190 g/mol. The number of nitrogens with zero attached hydrogens (tertiary/aromatic N) is 8. The van der Waals surface area contributed by atoms with E-state index in [1.165, 1.54) is 78.6 Å². The highest BCUT2D eigenvalue weighted by molar-refractivity contribution is 6.00. The second kappa shape index (κ2) is 36.5. The van der Waals surface area contributed by atoms with Crippen LogP contribution in [0.3, 0.4) is 0 Å². The number of Topliss-reactive ketones (excluding diaryl/α,β-unsaturated/α-hetero) is 3. The third-order valence-corrected chi connectivity index (χ3v) is 19.9. The Kier molecular flexibility index (Phi) is 32.0. The van der Waals surface area contributed by atoms with Gasteiger partial charge < -0.3 is 49.5 Å². The lowest BCUT2D eigenvalue weighted by molar-refractivity contribution is -0.157. The molecule has 0 aromatic carbocycles. The van der Waals surface area contributed by atoms with Gasteiger partial charge in [-0.25, -0.2) is 0 Å². The van der Waals surface area contributed by atoms with Crippen molar-refractivity contribution in [2.24, 2.45) is 59.2 Å². The number of morpholine rings is 1. The Morgan fingerprint density at radius 2 is 0.968 bits per heavy atom. The number of amides is 8. The number of hydrogen-bond donors (Lipinski definition) is 2. The van der Waals surface area contributed by atoms with Gasteiger partial charge in [0.2, 0.25) is 47.3 Å². The quantitative estimate of drug-likeness (QED) is 0.159. The number of nitrogens with one attached hydrogen (secondary N) is 1. The zero-order chi connectivity index (χ0) is 71.1. The molecular formula is C71H123N9O13. The van der Waals surface area contributed by atoms with Crippen molar-refractivity contribution >= 4 is 64.6 Å². The van der Waals surface area contributed by atoms with E-state index in [0.717, 1.165) is 17.7 Å². The molecule has 530 valence electrons. The topological polar surface area (TPSA) is 255 Å². The second-order valence-corrected chi connectivity index (χ2v) is 29.9. The second-order valence-electron chi connectivity index (χ2n) is 29.9. The van der Waals surface area contributed by atoms with Gasteiger partial charge in [-0.05, 0) is 100 Å². The van der Waals surface area contributed by atoms with E-state index in [9.17, 15) is 24.3 Å². The Labute approximate surface area is 558 Å². The number of aliphatic hydroxyl groups excluding tert-OH is 1. The van der Waals surface area contributed by atoms with Gasteiger partial charge in [-0.1, -0.05) is 116 Å². The molecule has 3 aliphatic heterocycles. The summed E-state index contributed by atoms with van der Waals surface area (Å²) in [5.41, 5.74) is 0. The fourth-order valence-electron chi connectivity index (χ4n) is 14.0. The van der Waals surface area contributed by atoms with E-state index in [0.29, 0.717) is 26.1 Å². The predicted molar refractivity (Wildman–Crippen MR) is 361 cm³/mol. The van der Waals surface area contributed by atoms with Gasteiger partial charge in [0.25, 0.3) is 0 Å². The van der Waals surface area contributed by atoms with Crippen LogP contribution in [0, 0.1) is 59.2 Å². The third kappa shape index (κ3) is 21.4. The number of likely N-dealkylation sites (tertiary alicyclic amines) is 1. The van der Waals surface area contributed by atoms with Gasteiger partial charge in [-0.15, -0.1) is 0 Å². The van der Waals surface area contributed by atoms with Crippen molar-refractivity contribution in [1.29, 1.82) is 0 Å². The van der Waals surface area contributed by atoms with Gasteiger partial charge >= 0.3 is 0 Å². The van der Waals surface area contributed by atoms with Gasteiger partial charge in [-0.3, -0.25) is 57.6 Å². The Balaban J connectivity index is 2.34. The van der Waals surface area contributed by atoms with E-state index in [-0.39, 0.29) is 92.3 Å². The van der Waals surface area contributed by atoms with Crippen molar-refractivity contribution in [2.45, 2.75) is 249 Å². The molecule has 0 aliphatic carbocycles. The number of aliphatic hydroxyl groups is 1. The van der Waals surface area contributed by atoms with Crippen molar-refractivity contribution in [3.63, 3.8) is 0 Å². The van der Waals surface area contributed by atoms with Crippen LogP contribution in [0.5, 0.6) is 0 Å². The monoisotopic (exact) mass is 1310 g/mol. The SMILES string of the molecule is C/C=C/C[C@@H](C)[C@@H](O)[C@H]1C(=O)N[C@@H](CC)C(=O)N(C)[C@H](C)C(=O)N(C)[C@@H]([C@H](C)CN2CC3CCC(C2)O3)C(=O)C[C@@H](C(C)C)C(=O)N(C)[C@@H](CC(C)C)C(=O)C[C@@H](C)C(=O)C[C@H](C)C(=O)N(C)[C@@H](CC(C)C)C(=O)N(C)[C@@H](CC(C)C)C(=O)N(C)[C@@H](C(C)C)C(=O)N1C. The van der Waals surface area contributed by atoms with Crippen LogP contribution in [0.25, 0.3) is 0 Å². The maximum absolute atomic E-state index is 15.3. The first-order valence-corrected chi connectivity index (χ1v) is 34.6. The molecule has 93 heavy (non-hydrogen) atoms. The summed E-state index contributed by atoms with van der Waals surface area (Å²) in [6.07, 6.45) is 4.21. The van der Waals surface area contributed by atoms with Gasteiger partial charge in [-0.2, -0.15) is 0 Å². The molecule has 0 radical (unpaired) electrons. The van der Waals surface area contributed by atoms with Crippen molar-refractivity contribution in [2.75, 3.05) is 69.0 Å². The number of hydrogen-bond acceptors (Lipinski definition) is 14. The van der Waals surface area contributed by atoms with Crippen LogP contribution in [-0.4, -0.2) is 245 Å². The Hall–Kier alpha value is -5.61. The molecule has 22 heteroatoms. The van der Waals surface area contributed by atoms with Crippen molar-refractivity contribution in [3.05, 3.63) is 12.2 Å². The van der Waals surface area contributed by atoms with E-state index in [1.807, 2.05) is 75.3 Å². The van der Waals surface area contributed by atoms with Crippen molar-refractivity contribution in [1.82, 2.24) is 44.5 Å². The predicted octanol–water partition coefficient (Wildman–Crippen LogP) is 6.38. The van der Waals surface area contributed by atoms with Gasteiger partial charge in [0.05, 0.1) is 30.4 Å². The zero-order valence-corrected chi connectivity index (χ0v) is 61.4. The largest absolute Gasteiger partial charge is 0.390 e. The average Bonchev–Trinajstić information content (AvgIpc) is 1.17. The van der Waals surface area contributed by atoms with E-state index in [4.69, 9.17) is 4.74 Å². The number of carbonyl (C=O) groups is 11. The fourth-order valence-corrected chi connectivity index (χ4v) is 14.0. The van der Waals surface area contributed by atoms with Crippen molar-refractivity contribution in [3.8, 4) is 0 Å². The molecule has 22 nitrogen and oxygen atoms in total. The molecule has 16 atom stereocenters. The van der Waals surface area contributed by atoms with Crippen LogP contribution < -0.4 is 5.32 Å². The maximum Gasteiger partial charge on any atom is 0.246 e. The van der Waals surface area contributed by atoms with Crippen LogP contribution in [0.4, 0.5) is 0 Å². The normalized spacial score (nSPS) is 30.2. The maximum atomic E-state index is 15.3. The first kappa shape index (κ1) is 81.6. The molecule has 3 rings (SSSR count). The lowest BCUT2D eigenvalue weighted by Crippen LogP contribution is -2.63. The number of ketones is 3. The number of rotatable bonds is 16. The molecule has 3 saturated heterocycles. The summed E-state index contributed by atoms with van der Waals surface area (Å²) in [5, 5.41) is 15.1. The standard InChI is InChI=1S/C71H123N9O13/c1-25-27-28-45(13)63(84)62-64(85)72-53(26-2)68(89)73(18)49(17)66(87)78(23)61(48(16)37-80-38-50-29-30-51(39-80)93-50)59(83)36-52(43(9)10)67(88)74(19)54(31-40(3)4)58(82)34-46(14)57(81)35-47(15)65(86)75(20)55(32-41(5)6)69(90)76(21)56(33-42(7)8)70(91)77(22)60(44(11)12)71(92)79(62)24/h25,27,40-56,60-63,84H,26,28-39H2,1-24H3,(H,72,85)/b27-25+/t45-,46-,47+,48-,49-,50?,51?,52+,53+,54+,55+,56+,60+,61+,62+,63-/m1/s1. The van der Waals surface area contributed by atoms with Crippen molar-refractivity contribution < 1.29 is 62.6 Å². The Morgan fingerprint density at radius 1 is 0.505 bits per heavy atom. The summed E-state index contributed by atoms with van der Waals surface area (Å²) in [4.78, 5) is 176. The first-order chi connectivity index (χ1) is 43.2. The fraction of sp³-hybridized carbons (Fsp3) is 0.817. The van der Waals surface area contributed by atoms with Crippen LogP contribution in [-0.2, 0) is 57.5 Å². The summed E-state index contributed by atoms with van der Waals surface area (Å²) >= 11 is 0. The lowest BCUT2D eigenvalue weighted by atomic mass is 9.83. The Bertz CT molecular complexity index is 2600. The molecule has 3 fully saturated rings. The first-order valence-electron chi connectivity index (χ1n) is 34.6. The summed E-state index contributed by atoms with van der Waals surface area (Å²) in [6, 6.07) is -9.64. The van der Waals surface area contributed by atoms with Crippen LogP contribution in [0.2, 0.25) is 0 Å². The van der Waals surface area contributed by atoms with Crippen LogP contribution in [0.1, 0.15) is 182 Å². The summed E-state index contributed by atoms with van der Waals surface area (Å²) < 4.78 is 6.14. The summed E-state index contributed by atoms with van der Waals surface area (Å²) in [6.45, 7) is 32.2. The smallest absolute Gasteiger partial charge is 0.246 e. The zero-order valence-electron chi connectivity index (χ0n) is 61.4. The van der Waals surface area contributed by atoms with E-state index in [2.05, 4.69) is 10.2 Å². The van der Waals surface area contributed by atoms with Crippen LogP contribution >= 0.6 is 0 Å². The number of allylic oxidation sites excluding steroid dienone is 2. The minimum absolute atomic E-state index is 0.0239. The lowest BCUT2D eigenvalue weighted by Gasteiger charge is -2.41. The highest BCUT2D eigenvalue weighted by Gasteiger charge is 2.47. The molecule has 0 aromatic heterocycles. The number of ether oxygens (including phenoxy) is 1. The van der Waals surface area contributed by atoms with E-state index in [1.54, 1.807) is 54.7 Å². The number of carbonyl (C=O) groups excluding carboxylic acids is 11. The average molecular weight is 1310 g/mol. The Morgan fingerprint density at radius 3 is 1.45 bits per heavy atom. The highest BCUT2D eigenvalue weighted by atomic mass is 16.5. The van der Waals surface area contributed by atoms with Crippen LogP contribution in [0.15, 0.2) is 12.2 Å². The molecule has 0 saturated carbocycles. The molecule has 2 N–H and O–H groups in total. The van der Waals surface area contributed by atoms with Gasteiger partial charge in [0.1, 0.15) is 42.0 Å². The molecule has 3 heterocycles. The molecule has 0 spiro atoms. The van der Waals surface area contributed by atoms with E-state index < -0.39 is 143 Å². The number of likely N-dealkylation sites (N-methyl/N-ethyl adjacent to an activating group) is 7. The summed E-state index contributed by atoms with van der Waals surface area (Å²) in [7, 11) is 10.3. The van der Waals surface area contributed by atoms with Gasteiger partial charge in [0, 0.05) is 106 Å². The molecule has 2 bridgehead atoms. The molecule has 2 unspecified atom stereocenters. The molecule has 3 aliphatic rings. The van der Waals surface area contributed by atoms with E-state index >= 15 is 33.6 Å². The van der Waals surface area contributed by atoms with Gasteiger partial charge in [0.15, 0.2) is 11.6 Å². The summed E-state index contributed by atoms with van der Waals surface area (Å²) in [5.74, 6) is -11.1. The minimum Gasteiger partial charge on any atom is -0.390 e. The highest BCUT2D eigenvalue weighted by Crippen LogP contribution is 2.32. The molecule has 8 amide bonds. The molecule has 0 aromatic rings. The number of fused-ring (bicyclic) bond motifs is 2. The third-order valence-electron chi connectivity index (χ3n) is 19.9. The minimum atomic E-state index is -1.61.